The Morgan fingerprint density at radius 1 is 1.05 bits per heavy atom. The summed E-state index contributed by atoms with van der Waals surface area (Å²) >= 11 is 0. The first-order valence-corrected chi connectivity index (χ1v) is 8.91. The van der Waals surface area contributed by atoms with E-state index < -0.39 is 0 Å². The van der Waals surface area contributed by atoms with Crippen molar-refractivity contribution in [3.63, 3.8) is 0 Å². The number of hydrogen-bond acceptors (Lipinski definition) is 3. The molecule has 0 spiro atoms. The van der Waals surface area contributed by atoms with E-state index in [4.69, 9.17) is 5.73 Å². The molecular formula is C17H31N3O. The first-order chi connectivity index (χ1) is 10.2. The SMILES string of the molecule is NCC1(CC(=O)N2CCC(CN3CCCC3)CC2)CCC1. The predicted octanol–water partition coefficient (Wildman–Crippen LogP) is 1.84. The summed E-state index contributed by atoms with van der Waals surface area (Å²) in [6, 6.07) is 0. The molecule has 2 saturated heterocycles. The summed E-state index contributed by atoms with van der Waals surface area (Å²) in [5.74, 6) is 1.17. The van der Waals surface area contributed by atoms with Gasteiger partial charge in [-0.05, 0) is 69.5 Å². The van der Waals surface area contributed by atoms with Gasteiger partial charge >= 0.3 is 0 Å². The van der Waals surface area contributed by atoms with Gasteiger partial charge in [0.05, 0.1) is 0 Å². The van der Waals surface area contributed by atoms with Crippen molar-refractivity contribution in [1.82, 2.24) is 9.80 Å². The van der Waals surface area contributed by atoms with Gasteiger partial charge in [0.15, 0.2) is 0 Å². The van der Waals surface area contributed by atoms with Crippen LogP contribution in [0.25, 0.3) is 0 Å². The van der Waals surface area contributed by atoms with Crippen LogP contribution in [0.15, 0.2) is 0 Å². The van der Waals surface area contributed by atoms with Crippen LogP contribution in [-0.4, -0.2) is 55.0 Å². The maximum absolute atomic E-state index is 12.5. The Kier molecular flexibility index (Phi) is 4.85. The average Bonchev–Trinajstić information content (AvgIpc) is 2.96. The molecule has 0 aromatic carbocycles. The van der Waals surface area contributed by atoms with Gasteiger partial charge in [-0.3, -0.25) is 4.79 Å². The fraction of sp³-hybridized carbons (Fsp3) is 0.941. The third-order valence-electron chi connectivity index (χ3n) is 6.06. The second-order valence-corrected chi connectivity index (χ2v) is 7.57. The van der Waals surface area contributed by atoms with Gasteiger partial charge in [-0.2, -0.15) is 0 Å². The molecule has 3 fully saturated rings. The molecule has 1 saturated carbocycles. The van der Waals surface area contributed by atoms with E-state index in [2.05, 4.69) is 9.80 Å². The topological polar surface area (TPSA) is 49.6 Å². The number of hydrogen-bond donors (Lipinski definition) is 1. The van der Waals surface area contributed by atoms with Gasteiger partial charge < -0.3 is 15.5 Å². The molecule has 2 N–H and O–H groups in total. The van der Waals surface area contributed by atoms with Crippen molar-refractivity contribution in [2.75, 3.05) is 39.3 Å². The van der Waals surface area contributed by atoms with Gasteiger partial charge in [-0.25, -0.2) is 0 Å². The summed E-state index contributed by atoms with van der Waals surface area (Å²) in [6.07, 6.45) is 9.39. The summed E-state index contributed by atoms with van der Waals surface area (Å²) in [4.78, 5) is 17.2. The summed E-state index contributed by atoms with van der Waals surface area (Å²) in [7, 11) is 0. The van der Waals surface area contributed by atoms with E-state index in [9.17, 15) is 4.79 Å². The Balaban J connectivity index is 1.41. The second kappa shape index (κ2) is 6.66. The van der Waals surface area contributed by atoms with Crippen molar-refractivity contribution >= 4 is 5.91 Å². The molecule has 4 nitrogen and oxygen atoms in total. The van der Waals surface area contributed by atoms with Crippen molar-refractivity contribution in [3.05, 3.63) is 0 Å². The van der Waals surface area contributed by atoms with E-state index in [1.165, 1.54) is 51.7 Å². The minimum Gasteiger partial charge on any atom is -0.343 e. The molecule has 3 aliphatic rings. The van der Waals surface area contributed by atoms with Crippen LogP contribution in [0.1, 0.15) is 51.4 Å². The lowest BCUT2D eigenvalue weighted by Gasteiger charge is -2.42. The number of carbonyl (C=O) groups excluding carboxylic acids is 1. The van der Waals surface area contributed by atoms with Crippen molar-refractivity contribution in [2.45, 2.75) is 51.4 Å². The van der Waals surface area contributed by atoms with Gasteiger partial charge in [0, 0.05) is 26.1 Å². The lowest BCUT2D eigenvalue weighted by atomic mass is 9.66. The molecule has 1 aliphatic carbocycles. The maximum atomic E-state index is 12.5. The number of piperidine rings is 1. The summed E-state index contributed by atoms with van der Waals surface area (Å²) in [5, 5.41) is 0. The summed E-state index contributed by atoms with van der Waals surface area (Å²) in [5.41, 5.74) is 6.04. The Hall–Kier alpha value is -0.610. The van der Waals surface area contributed by atoms with E-state index in [1.807, 2.05) is 0 Å². The fourth-order valence-electron chi connectivity index (χ4n) is 4.26. The zero-order chi connectivity index (χ0) is 14.7. The van der Waals surface area contributed by atoms with Gasteiger partial charge in [0.1, 0.15) is 0 Å². The smallest absolute Gasteiger partial charge is 0.223 e. The van der Waals surface area contributed by atoms with Crippen molar-refractivity contribution < 1.29 is 4.79 Å². The highest BCUT2D eigenvalue weighted by Gasteiger charge is 2.39. The van der Waals surface area contributed by atoms with Crippen molar-refractivity contribution in [2.24, 2.45) is 17.1 Å². The van der Waals surface area contributed by atoms with E-state index in [0.717, 1.165) is 31.8 Å². The molecule has 0 radical (unpaired) electrons. The first kappa shape index (κ1) is 15.3. The average molecular weight is 293 g/mol. The number of rotatable bonds is 5. The summed E-state index contributed by atoms with van der Waals surface area (Å²) in [6.45, 7) is 6.46. The monoisotopic (exact) mass is 293 g/mol. The molecule has 2 heterocycles. The number of carbonyl (C=O) groups is 1. The third kappa shape index (κ3) is 3.59. The molecule has 0 bridgehead atoms. The molecule has 4 heteroatoms. The van der Waals surface area contributed by atoms with E-state index in [-0.39, 0.29) is 5.41 Å². The molecule has 0 aromatic rings. The minimum atomic E-state index is 0.156. The zero-order valence-corrected chi connectivity index (χ0v) is 13.4. The Morgan fingerprint density at radius 2 is 1.71 bits per heavy atom. The fourth-order valence-corrected chi connectivity index (χ4v) is 4.26. The van der Waals surface area contributed by atoms with E-state index in [0.29, 0.717) is 18.9 Å². The van der Waals surface area contributed by atoms with Crippen LogP contribution in [0.4, 0.5) is 0 Å². The normalized spacial score (nSPS) is 26.8. The van der Waals surface area contributed by atoms with Crippen LogP contribution in [0.3, 0.4) is 0 Å². The number of likely N-dealkylation sites (tertiary alicyclic amines) is 2. The molecule has 3 rings (SSSR count). The summed E-state index contributed by atoms with van der Waals surface area (Å²) < 4.78 is 0. The molecule has 0 atom stereocenters. The highest BCUT2D eigenvalue weighted by molar-refractivity contribution is 5.77. The lowest BCUT2D eigenvalue weighted by molar-refractivity contribution is -0.136. The molecule has 0 unspecified atom stereocenters. The van der Waals surface area contributed by atoms with Crippen LogP contribution in [0, 0.1) is 11.3 Å². The molecular weight excluding hydrogens is 262 g/mol. The van der Waals surface area contributed by atoms with Crippen LogP contribution in [-0.2, 0) is 4.79 Å². The Bertz CT molecular complexity index is 348. The molecule has 1 amide bonds. The largest absolute Gasteiger partial charge is 0.343 e. The quantitative estimate of drug-likeness (QED) is 0.841. The molecule has 2 aliphatic heterocycles. The van der Waals surface area contributed by atoms with Gasteiger partial charge in [-0.15, -0.1) is 0 Å². The van der Waals surface area contributed by atoms with Gasteiger partial charge in [0.25, 0.3) is 0 Å². The lowest BCUT2D eigenvalue weighted by Crippen LogP contribution is -2.46. The first-order valence-electron chi connectivity index (χ1n) is 8.91. The van der Waals surface area contributed by atoms with Crippen LogP contribution in [0.5, 0.6) is 0 Å². The van der Waals surface area contributed by atoms with E-state index in [1.54, 1.807) is 0 Å². The molecule has 120 valence electrons. The Morgan fingerprint density at radius 3 is 2.24 bits per heavy atom. The zero-order valence-electron chi connectivity index (χ0n) is 13.4. The van der Waals surface area contributed by atoms with Crippen molar-refractivity contribution in [3.8, 4) is 0 Å². The van der Waals surface area contributed by atoms with E-state index >= 15 is 0 Å². The Labute approximate surface area is 129 Å². The van der Waals surface area contributed by atoms with Crippen LogP contribution >= 0.6 is 0 Å². The van der Waals surface area contributed by atoms with Gasteiger partial charge in [-0.1, -0.05) is 6.42 Å². The van der Waals surface area contributed by atoms with Crippen molar-refractivity contribution in [1.29, 1.82) is 0 Å². The number of nitrogens with zero attached hydrogens (tertiary/aromatic N) is 2. The highest BCUT2D eigenvalue weighted by Crippen LogP contribution is 2.43. The second-order valence-electron chi connectivity index (χ2n) is 7.57. The third-order valence-corrected chi connectivity index (χ3v) is 6.06. The highest BCUT2D eigenvalue weighted by atomic mass is 16.2. The molecule has 21 heavy (non-hydrogen) atoms. The predicted molar refractivity (Wildman–Crippen MR) is 84.9 cm³/mol. The van der Waals surface area contributed by atoms with Crippen LogP contribution in [0.2, 0.25) is 0 Å². The van der Waals surface area contributed by atoms with Crippen LogP contribution < -0.4 is 5.73 Å². The number of amides is 1. The standard InChI is InChI=1S/C17H31N3O/c18-14-17(6-3-7-17)12-16(21)20-10-4-15(5-11-20)13-19-8-1-2-9-19/h15H,1-14,18H2. The minimum absolute atomic E-state index is 0.156. The van der Waals surface area contributed by atoms with Gasteiger partial charge in [0.2, 0.25) is 5.91 Å². The molecule has 0 aromatic heterocycles. The number of nitrogens with two attached hydrogens (primary N) is 1. The maximum Gasteiger partial charge on any atom is 0.223 e.